The number of amides is 1. The summed E-state index contributed by atoms with van der Waals surface area (Å²) in [7, 11) is 0. The number of rotatable bonds is 6. The van der Waals surface area contributed by atoms with Crippen molar-refractivity contribution >= 4 is 17.7 Å². The summed E-state index contributed by atoms with van der Waals surface area (Å²) >= 11 is 0. The van der Waals surface area contributed by atoms with E-state index in [1.54, 1.807) is 6.08 Å². The molecule has 2 aromatic carbocycles. The minimum absolute atomic E-state index is 0.0601. The number of nitriles is 1. The number of carbonyl (C=O) groups excluding carboxylic acids is 1. The summed E-state index contributed by atoms with van der Waals surface area (Å²) in [4.78, 5) is 12.4. The summed E-state index contributed by atoms with van der Waals surface area (Å²) in [6.45, 7) is 6.56. The minimum Gasteiger partial charge on any atom is -0.494 e. The van der Waals surface area contributed by atoms with Gasteiger partial charge in [0.25, 0.3) is 5.91 Å². The fourth-order valence-electron chi connectivity index (χ4n) is 2.39. The standard InChI is InChI=1S/C21H22N2O2/c1-4-12-25-19-10-8-17(9-11-19)13-18(14-22)21(24)23-20-15(2)6-5-7-16(20)3/h5-11,13H,4,12H2,1-3H3,(H,23,24). The largest absolute Gasteiger partial charge is 0.494 e. The minimum atomic E-state index is -0.411. The summed E-state index contributed by atoms with van der Waals surface area (Å²) in [5.74, 6) is 0.365. The first-order chi connectivity index (χ1) is 12.0. The normalized spacial score (nSPS) is 10.9. The third kappa shape index (κ3) is 4.95. The first kappa shape index (κ1) is 18.3. The highest BCUT2D eigenvalue weighted by atomic mass is 16.5. The van der Waals surface area contributed by atoms with Crippen LogP contribution in [0.1, 0.15) is 30.0 Å². The van der Waals surface area contributed by atoms with E-state index in [4.69, 9.17) is 4.74 Å². The van der Waals surface area contributed by atoms with Gasteiger partial charge in [-0.25, -0.2) is 0 Å². The number of nitrogens with zero attached hydrogens (tertiary/aromatic N) is 1. The van der Waals surface area contributed by atoms with Crippen LogP contribution in [0.5, 0.6) is 5.75 Å². The second-order valence-electron chi connectivity index (χ2n) is 5.81. The third-order valence-electron chi connectivity index (χ3n) is 3.75. The van der Waals surface area contributed by atoms with Gasteiger partial charge < -0.3 is 10.1 Å². The number of hydrogen-bond donors (Lipinski definition) is 1. The van der Waals surface area contributed by atoms with Gasteiger partial charge in [0, 0.05) is 5.69 Å². The van der Waals surface area contributed by atoms with Gasteiger partial charge in [-0.3, -0.25) is 4.79 Å². The number of nitrogens with one attached hydrogen (secondary N) is 1. The highest BCUT2D eigenvalue weighted by Crippen LogP contribution is 2.21. The van der Waals surface area contributed by atoms with E-state index < -0.39 is 5.91 Å². The molecule has 25 heavy (non-hydrogen) atoms. The Morgan fingerprint density at radius 1 is 1.16 bits per heavy atom. The maximum atomic E-state index is 12.4. The zero-order valence-electron chi connectivity index (χ0n) is 14.8. The average Bonchev–Trinajstić information content (AvgIpc) is 2.62. The second kappa shape index (κ2) is 8.70. The Bertz CT molecular complexity index is 795. The quantitative estimate of drug-likeness (QED) is 0.618. The molecule has 0 bridgehead atoms. The predicted molar refractivity (Wildman–Crippen MR) is 100 cm³/mol. The molecule has 0 aliphatic rings. The number of anilines is 1. The highest BCUT2D eigenvalue weighted by molar-refractivity contribution is 6.10. The van der Waals surface area contributed by atoms with Crippen molar-refractivity contribution < 1.29 is 9.53 Å². The molecule has 0 heterocycles. The van der Waals surface area contributed by atoms with Gasteiger partial charge in [0.2, 0.25) is 0 Å². The van der Waals surface area contributed by atoms with Crippen LogP contribution in [0.2, 0.25) is 0 Å². The Morgan fingerprint density at radius 2 is 1.80 bits per heavy atom. The lowest BCUT2D eigenvalue weighted by atomic mass is 10.1. The van der Waals surface area contributed by atoms with Crippen molar-refractivity contribution in [2.75, 3.05) is 11.9 Å². The van der Waals surface area contributed by atoms with E-state index in [0.717, 1.165) is 34.5 Å². The van der Waals surface area contributed by atoms with Crippen molar-refractivity contribution in [2.24, 2.45) is 0 Å². The fraction of sp³-hybridized carbons (Fsp3) is 0.238. The zero-order chi connectivity index (χ0) is 18.2. The van der Waals surface area contributed by atoms with Crippen LogP contribution < -0.4 is 10.1 Å². The molecular formula is C21H22N2O2. The first-order valence-corrected chi connectivity index (χ1v) is 8.27. The Morgan fingerprint density at radius 3 is 2.36 bits per heavy atom. The Kier molecular flexibility index (Phi) is 6.36. The van der Waals surface area contributed by atoms with Crippen LogP contribution in [0.4, 0.5) is 5.69 Å². The molecule has 0 aliphatic carbocycles. The van der Waals surface area contributed by atoms with E-state index in [1.165, 1.54) is 0 Å². The Labute approximate surface area is 148 Å². The number of carbonyl (C=O) groups is 1. The fourth-order valence-corrected chi connectivity index (χ4v) is 2.39. The second-order valence-corrected chi connectivity index (χ2v) is 5.81. The van der Waals surface area contributed by atoms with Crippen molar-refractivity contribution in [1.82, 2.24) is 0 Å². The van der Waals surface area contributed by atoms with Gasteiger partial charge in [-0.2, -0.15) is 5.26 Å². The van der Waals surface area contributed by atoms with Crippen LogP contribution in [0.15, 0.2) is 48.0 Å². The number of para-hydroxylation sites is 1. The molecule has 0 aromatic heterocycles. The van der Waals surface area contributed by atoms with E-state index >= 15 is 0 Å². The molecule has 0 unspecified atom stereocenters. The summed E-state index contributed by atoms with van der Waals surface area (Å²) in [5.41, 5.74) is 3.50. The van der Waals surface area contributed by atoms with Crippen molar-refractivity contribution in [3.63, 3.8) is 0 Å². The Hall–Kier alpha value is -3.06. The highest BCUT2D eigenvalue weighted by Gasteiger charge is 2.12. The average molecular weight is 334 g/mol. The van der Waals surface area contributed by atoms with Gasteiger partial charge in [-0.05, 0) is 55.2 Å². The van der Waals surface area contributed by atoms with Crippen LogP contribution in [0.25, 0.3) is 6.08 Å². The molecule has 0 spiro atoms. The zero-order valence-corrected chi connectivity index (χ0v) is 14.8. The molecule has 4 heteroatoms. The smallest absolute Gasteiger partial charge is 0.266 e. The summed E-state index contributed by atoms with van der Waals surface area (Å²) in [5, 5.41) is 12.2. The molecule has 0 radical (unpaired) electrons. The van der Waals surface area contributed by atoms with E-state index in [0.29, 0.717) is 6.61 Å². The number of benzene rings is 2. The third-order valence-corrected chi connectivity index (χ3v) is 3.75. The van der Waals surface area contributed by atoms with Gasteiger partial charge in [0.15, 0.2) is 0 Å². The summed E-state index contributed by atoms with van der Waals surface area (Å²) < 4.78 is 5.53. The van der Waals surface area contributed by atoms with Gasteiger partial charge in [0.05, 0.1) is 6.61 Å². The van der Waals surface area contributed by atoms with Crippen LogP contribution in [0.3, 0.4) is 0 Å². The number of aryl methyl sites for hydroxylation is 2. The molecule has 0 aliphatic heterocycles. The lowest BCUT2D eigenvalue weighted by Gasteiger charge is -2.11. The molecule has 0 atom stereocenters. The molecule has 2 aromatic rings. The van der Waals surface area contributed by atoms with Crippen LogP contribution >= 0.6 is 0 Å². The van der Waals surface area contributed by atoms with Crippen molar-refractivity contribution in [3.05, 3.63) is 64.7 Å². The maximum Gasteiger partial charge on any atom is 0.266 e. The van der Waals surface area contributed by atoms with Gasteiger partial charge in [-0.15, -0.1) is 0 Å². The molecule has 0 fully saturated rings. The lowest BCUT2D eigenvalue weighted by molar-refractivity contribution is -0.112. The summed E-state index contributed by atoms with van der Waals surface area (Å²) in [6.07, 6.45) is 2.52. The monoisotopic (exact) mass is 334 g/mol. The van der Waals surface area contributed by atoms with Gasteiger partial charge in [0.1, 0.15) is 17.4 Å². The van der Waals surface area contributed by atoms with E-state index in [9.17, 15) is 10.1 Å². The molecule has 1 amide bonds. The van der Waals surface area contributed by atoms with Gasteiger partial charge in [-0.1, -0.05) is 37.3 Å². The molecule has 0 saturated carbocycles. The molecule has 2 rings (SSSR count). The van der Waals surface area contributed by atoms with E-state index in [2.05, 4.69) is 5.32 Å². The molecule has 128 valence electrons. The van der Waals surface area contributed by atoms with Crippen LogP contribution in [0, 0.1) is 25.2 Å². The lowest BCUT2D eigenvalue weighted by Crippen LogP contribution is -2.15. The predicted octanol–water partition coefficient (Wildman–Crippen LogP) is 4.64. The first-order valence-electron chi connectivity index (χ1n) is 8.27. The van der Waals surface area contributed by atoms with Gasteiger partial charge >= 0.3 is 0 Å². The molecule has 1 N–H and O–H groups in total. The van der Waals surface area contributed by atoms with E-state index in [1.807, 2.05) is 69.3 Å². The molecule has 4 nitrogen and oxygen atoms in total. The molecular weight excluding hydrogens is 312 g/mol. The van der Waals surface area contributed by atoms with Crippen molar-refractivity contribution in [2.45, 2.75) is 27.2 Å². The van der Waals surface area contributed by atoms with Crippen molar-refractivity contribution in [3.8, 4) is 11.8 Å². The summed E-state index contributed by atoms with van der Waals surface area (Å²) in [6, 6.07) is 15.1. The van der Waals surface area contributed by atoms with E-state index in [-0.39, 0.29) is 5.57 Å². The van der Waals surface area contributed by atoms with Crippen LogP contribution in [-0.4, -0.2) is 12.5 Å². The Balaban J connectivity index is 2.17. The van der Waals surface area contributed by atoms with Crippen molar-refractivity contribution in [1.29, 1.82) is 5.26 Å². The number of hydrogen-bond acceptors (Lipinski definition) is 3. The maximum absolute atomic E-state index is 12.4. The van der Waals surface area contributed by atoms with Crippen LogP contribution in [-0.2, 0) is 4.79 Å². The molecule has 0 saturated heterocycles. The topological polar surface area (TPSA) is 62.1 Å². The SMILES string of the molecule is CCCOc1ccc(C=C(C#N)C(=O)Nc2c(C)cccc2C)cc1. The number of ether oxygens (including phenoxy) is 1.